The van der Waals surface area contributed by atoms with Gasteiger partial charge < -0.3 is 5.32 Å². The molecule has 1 aromatic carbocycles. The lowest BCUT2D eigenvalue weighted by molar-refractivity contribution is 0.476. The fourth-order valence-electron chi connectivity index (χ4n) is 3.64. The number of thioether (sulfide) groups is 1. The molecular weight excluding hydrogens is 342 g/mol. The van der Waals surface area contributed by atoms with E-state index in [9.17, 15) is 8.42 Å². The van der Waals surface area contributed by atoms with E-state index in [4.69, 9.17) is 0 Å². The summed E-state index contributed by atoms with van der Waals surface area (Å²) in [5.74, 6) is 0. The van der Waals surface area contributed by atoms with Crippen molar-refractivity contribution in [2.24, 2.45) is 4.99 Å². The third-order valence-electron chi connectivity index (χ3n) is 4.94. The zero-order valence-electron chi connectivity index (χ0n) is 13.6. The van der Waals surface area contributed by atoms with Crippen LogP contribution in [0.3, 0.4) is 0 Å². The Balaban J connectivity index is 1.66. The van der Waals surface area contributed by atoms with Gasteiger partial charge in [-0.15, -0.1) is 11.8 Å². The van der Waals surface area contributed by atoms with Crippen molar-refractivity contribution in [1.29, 1.82) is 0 Å². The third-order valence-corrected chi connectivity index (χ3v) is 8.02. The first-order valence-electron chi connectivity index (χ1n) is 8.29. The van der Waals surface area contributed by atoms with Crippen molar-refractivity contribution in [1.82, 2.24) is 9.62 Å². The molecule has 0 saturated carbocycles. The first-order valence-corrected chi connectivity index (χ1v) is 10.7. The van der Waals surface area contributed by atoms with Crippen LogP contribution >= 0.6 is 11.8 Å². The van der Waals surface area contributed by atoms with Crippen LogP contribution in [-0.2, 0) is 16.4 Å². The van der Waals surface area contributed by atoms with Gasteiger partial charge in [-0.3, -0.25) is 4.99 Å². The number of rotatable bonds is 4. The molecule has 1 N–H and O–H groups in total. The van der Waals surface area contributed by atoms with E-state index in [0.29, 0.717) is 24.4 Å². The molecule has 7 heteroatoms. The Labute approximate surface area is 147 Å². The molecule has 0 amide bonds. The number of hydrogen-bond donors (Lipinski definition) is 1. The van der Waals surface area contributed by atoms with Crippen molar-refractivity contribution < 1.29 is 8.42 Å². The molecule has 0 aliphatic carbocycles. The summed E-state index contributed by atoms with van der Waals surface area (Å²) in [5.41, 5.74) is 5.16. The summed E-state index contributed by atoms with van der Waals surface area (Å²) in [6, 6.07) is 7.43. The van der Waals surface area contributed by atoms with Crippen LogP contribution in [0.5, 0.6) is 0 Å². The first kappa shape index (κ1) is 16.2. The summed E-state index contributed by atoms with van der Waals surface area (Å²) in [5, 5.41) is 3.69. The Morgan fingerprint density at radius 3 is 2.83 bits per heavy atom. The number of nitrogens with zero attached hydrogens (tertiary/aromatic N) is 2. The fraction of sp³-hybridized carbons (Fsp3) is 0.471. The fourth-order valence-corrected chi connectivity index (χ4v) is 6.42. The van der Waals surface area contributed by atoms with Gasteiger partial charge in [-0.25, -0.2) is 8.42 Å². The molecule has 4 rings (SSSR count). The minimum Gasteiger partial charge on any atom is -0.366 e. The number of sulfonamides is 1. The Kier molecular flexibility index (Phi) is 4.18. The number of allylic oxidation sites excluding steroid dienone is 1. The van der Waals surface area contributed by atoms with Crippen LogP contribution < -0.4 is 5.32 Å². The molecule has 1 aromatic rings. The van der Waals surface area contributed by atoms with E-state index in [-0.39, 0.29) is 11.4 Å². The van der Waals surface area contributed by atoms with E-state index < -0.39 is 10.0 Å². The second-order valence-electron chi connectivity index (χ2n) is 6.45. The summed E-state index contributed by atoms with van der Waals surface area (Å²) < 4.78 is 27.6. The predicted molar refractivity (Wildman–Crippen MR) is 97.6 cm³/mol. The Morgan fingerprint density at radius 2 is 2.04 bits per heavy atom. The van der Waals surface area contributed by atoms with Crippen LogP contribution in [0, 0.1) is 0 Å². The number of nitrogens with one attached hydrogen (secondary N) is 1. The summed E-state index contributed by atoms with van der Waals surface area (Å²) in [6.45, 7) is 3.32. The van der Waals surface area contributed by atoms with Gasteiger partial charge in [0.2, 0.25) is 10.0 Å². The molecular formula is C17H21N3O2S2. The lowest BCUT2D eigenvalue weighted by atomic mass is 10.0. The highest BCUT2D eigenvalue weighted by Crippen LogP contribution is 2.37. The van der Waals surface area contributed by atoms with Crippen LogP contribution in [0.4, 0.5) is 0 Å². The van der Waals surface area contributed by atoms with Crippen molar-refractivity contribution in [2.75, 3.05) is 13.1 Å². The van der Waals surface area contributed by atoms with Crippen LogP contribution in [0.15, 0.2) is 45.4 Å². The van der Waals surface area contributed by atoms with Crippen LogP contribution in [0.2, 0.25) is 0 Å². The molecule has 5 nitrogen and oxygen atoms in total. The highest BCUT2D eigenvalue weighted by molar-refractivity contribution is 8.13. The van der Waals surface area contributed by atoms with E-state index in [1.54, 1.807) is 22.1 Å². The molecule has 1 fully saturated rings. The second-order valence-corrected chi connectivity index (χ2v) is 9.34. The van der Waals surface area contributed by atoms with Crippen LogP contribution in [-0.4, -0.2) is 42.8 Å². The second kappa shape index (κ2) is 6.20. The predicted octanol–water partition coefficient (Wildman–Crippen LogP) is 2.36. The van der Waals surface area contributed by atoms with E-state index in [0.717, 1.165) is 24.1 Å². The molecule has 2 unspecified atom stereocenters. The van der Waals surface area contributed by atoms with E-state index in [2.05, 4.69) is 17.2 Å². The maximum Gasteiger partial charge on any atom is 0.243 e. The number of aliphatic imine (C=N–C) groups is 1. The smallest absolute Gasteiger partial charge is 0.243 e. The van der Waals surface area contributed by atoms with Crippen molar-refractivity contribution >= 4 is 27.3 Å². The number of hydrogen-bond acceptors (Lipinski definition) is 5. The first-order chi connectivity index (χ1) is 11.6. The zero-order chi connectivity index (χ0) is 16.7. The van der Waals surface area contributed by atoms with Gasteiger partial charge in [0.15, 0.2) is 0 Å². The largest absolute Gasteiger partial charge is 0.366 e. The lowest BCUT2D eigenvalue weighted by Gasteiger charge is -2.19. The highest BCUT2D eigenvalue weighted by atomic mass is 32.2. The van der Waals surface area contributed by atoms with Gasteiger partial charge in [-0.1, -0.05) is 18.2 Å². The monoisotopic (exact) mass is 363 g/mol. The maximum absolute atomic E-state index is 13.0. The average molecular weight is 364 g/mol. The van der Waals surface area contributed by atoms with Gasteiger partial charge in [-0.2, -0.15) is 4.31 Å². The van der Waals surface area contributed by atoms with E-state index >= 15 is 0 Å². The minimum absolute atomic E-state index is 0.104. The molecule has 24 heavy (non-hydrogen) atoms. The quantitative estimate of drug-likeness (QED) is 0.892. The van der Waals surface area contributed by atoms with Crippen molar-refractivity contribution in [3.05, 3.63) is 41.1 Å². The van der Waals surface area contributed by atoms with E-state index in [1.165, 1.54) is 5.57 Å². The number of fused-ring (bicyclic) bond motifs is 1. The molecule has 1 saturated heterocycles. The summed E-state index contributed by atoms with van der Waals surface area (Å²) in [7, 11) is -3.40. The van der Waals surface area contributed by atoms with E-state index in [1.807, 2.05) is 23.7 Å². The topological polar surface area (TPSA) is 61.8 Å². The van der Waals surface area contributed by atoms with Gasteiger partial charge in [0.25, 0.3) is 0 Å². The van der Waals surface area contributed by atoms with Gasteiger partial charge >= 0.3 is 0 Å². The third kappa shape index (κ3) is 2.68. The molecule has 3 aliphatic rings. The van der Waals surface area contributed by atoms with Crippen molar-refractivity contribution in [3.63, 3.8) is 0 Å². The standard InChI is InChI=1S/C17H21N3O2S2/c1-12-14(16-17(19-12)18-11-23-16)10-13-6-2-3-7-15(13)24(21,22)20-8-4-5-9-20/h2-3,6-7,11,16-17,19H,4-5,8-10H2,1H3. The van der Waals surface area contributed by atoms with Crippen molar-refractivity contribution in [2.45, 2.75) is 42.5 Å². The Bertz CT molecular complexity index is 811. The molecule has 0 radical (unpaired) electrons. The normalized spacial score (nSPS) is 26.9. The van der Waals surface area contributed by atoms with Gasteiger partial charge in [-0.05, 0) is 43.4 Å². The molecule has 0 spiro atoms. The molecule has 3 aliphatic heterocycles. The molecule has 3 heterocycles. The van der Waals surface area contributed by atoms with Crippen LogP contribution in [0.25, 0.3) is 0 Å². The summed E-state index contributed by atoms with van der Waals surface area (Å²) in [6.07, 6.45) is 2.66. The maximum atomic E-state index is 13.0. The Morgan fingerprint density at radius 1 is 1.29 bits per heavy atom. The Hall–Kier alpha value is -1.31. The molecule has 0 bridgehead atoms. The molecule has 2 atom stereocenters. The highest BCUT2D eigenvalue weighted by Gasteiger charge is 2.36. The SMILES string of the molecule is CC1=C(Cc2ccccc2S(=O)(=O)N2CCCC2)C2SC=NC2N1. The number of benzene rings is 1. The minimum atomic E-state index is -3.40. The van der Waals surface area contributed by atoms with Crippen molar-refractivity contribution in [3.8, 4) is 0 Å². The van der Waals surface area contributed by atoms with Gasteiger partial charge in [0.1, 0.15) is 6.17 Å². The summed E-state index contributed by atoms with van der Waals surface area (Å²) in [4.78, 5) is 4.89. The lowest BCUT2D eigenvalue weighted by Crippen LogP contribution is -2.29. The summed E-state index contributed by atoms with van der Waals surface area (Å²) >= 11 is 1.71. The van der Waals surface area contributed by atoms with Gasteiger partial charge in [0.05, 0.1) is 15.7 Å². The zero-order valence-corrected chi connectivity index (χ0v) is 15.2. The molecule has 128 valence electrons. The average Bonchev–Trinajstić information content (AvgIpc) is 3.28. The molecule has 0 aromatic heterocycles. The van der Waals surface area contributed by atoms with Crippen LogP contribution in [0.1, 0.15) is 25.3 Å². The van der Waals surface area contributed by atoms with Gasteiger partial charge in [0, 0.05) is 18.8 Å².